The molecule has 1 aliphatic heterocycles. The summed E-state index contributed by atoms with van der Waals surface area (Å²) in [6, 6.07) is 14.6. The first kappa shape index (κ1) is 18.7. The molecular weight excluding hydrogens is 379 g/mol. The Balaban J connectivity index is 1.57. The number of rotatable bonds is 3. The fourth-order valence-corrected chi connectivity index (χ4v) is 4.51. The monoisotopic (exact) mass is 402 g/mol. The molecule has 1 aliphatic carbocycles. The van der Waals surface area contributed by atoms with Crippen LogP contribution in [0.1, 0.15) is 54.8 Å². The van der Waals surface area contributed by atoms with Crippen LogP contribution in [-0.4, -0.2) is 20.5 Å². The molecule has 1 N–H and O–H groups in total. The number of Topliss-reactive ketones (excluding diaryl/α,β-unsaturated/α-hetero) is 1. The van der Waals surface area contributed by atoms with Gasteiger partial charge >= 0.3 is 0 Å². The van der Waals surface area contributed by atoms with E-state index < -0.39 is 0 Å². The van der Waals surface area contributed by atoms with Gasteiger partial charge in [-0.15, -0.1) is 0 Å². The van der Waals surface area contributed by atoms with Gasteiger partial charge < -0.3 is 5.32 Å². The van der Waals surface area contributed by atoms with Gasteiger partial charge in [-0.2, -0.15) is 10.1 Å². The Morgan fingerprint density at radius 3 is 2.47 bits per heavy atom. The lowest BCUT2D eigenvalue weighted by molar-refractivity contribution is -0.123. The summed E-state index contributed by atoms with van der Waals surface area (Å²) >= 11 is 0. The molecule has 152 valence electrons. The van der Waals surface area contributed by atoms with Crippen molar-refractivity contribution >= 4 is 11.7 Å². The highest BCUT2D eigenvalue weighted by Gasteiger charge is 2.43. The molecule has 0 saturated heterocycles. The molecule has 2 aromatic carbocycles. The van der Waals surface area contributed by atoms with Crippen molar-refractivity contribution in [3.05, 3.63) is 89.1 Å². The number of halogens is 1. The summed E-state index contributed by atoms with van der Waals surface area (Å²) in [5, 5.41) is 7.71. The zero-order valence-electron chi connectivity index (χ0n) is 16.9. The van der Waals surface area contributed by atoms with Crippen molar-refractivity contribution < 1.29 is 9.18 Å². The van der Waals surface area contributed by atoms with Crippen LogP contribution in [0.2, 0.25) is 0 Å². The zero-order chi connectivity index (χ0) is 20.8. The molecule has 3 atom stereocenters. The molecule has 2 aliphatic rings. The highest BCUT2D eigenvalue weighted by molar-refractivity contribution is 5.88. The Hall–Kier alpha value is -3.28. The molecular formula is C24H23FN4O. The van der Waals surface area contributed by atoms with Gasteiger partial charge in [-0.3, -0.25) is 4.79 Å². The van der Waals surface area contributed by atoms with Crippen molar-refractivity contribution in [3.8, 4) is 0 Å². The Bertz CT molecular complexity index is 1110. The predicted molar refractivity (Wildman–Crippen MR) is 113 cm³/mol. The number of ketones is 1. The van der Waals surface area contributed by atoms with E-state index in [1.54, 1.807) is 12.1 Å². The molecule has 5 nitrogen and oxygen atoms in total. The van der Waals surface area contributed by atoms with Crippen molar-refractivity contribution in [2.45, 2.75) is 38.1 Å². The molecule has 6 heteroatoms. The average Bonchev–Trinajstić information content (AvgIpc) is 3.21. The van der Waals surface area contributed by atoms with Crippen LogP contribution in [0.4, 0.5) is 10.3 Å². The summed E-state index contributed by atoms with van der Waals surface area (Å²) in [5.41, 5.74) is 4.08. The summed E-state index contributed by atoms with van der Waals surface area (Å²) < 4.78 is 15.1. The highest BCUT2D eigenvalue weighted by atomic mass is 19.1. The quantitative estimate of drug-likeness (QED) is 0.683. The first-order valence-corrected chi connectivity index (χ1v) is 10.3. The maximum atomic E-state index is 13.4. The minimum atomic E-state index is -0.346. The fourth-order valence-electron chi connectivity index (χ4n) is 4.51. The lowest BCUT2D eigenvalue weighted by Crippen LogP contribution is -2.40. The molecule has 5 rings (SSSR count). The number of carbonyl (C=O) groups excluding carboxylic acids is 1. The number of benzene rings is 2. The van der Waals surface area contributed by atoms with Gasteiger partial charge in [0.25, 0.3) is 0 Å². The minimum absolute atomic E-state index is 0.0877. The van der Waals surface area contributed by atoms with E-state index in [1.165, 1.54) is 24.0 Å². The van der Waals surface area contributed by atoms with Crippen LogP contribution in [0.15, 0.2) is 66.6 Å². The summed E-state index contributed by atoms with van der Waals surface area (Å²) in [7, 11) is 0. The lowest BCUT2D eigenvalue weighted by atomic mass is 9.75. The van der Waals surface area contributed by atoms with Gasteiger partial charge in [0, 0.05) is 18.0 Å². The standard InChI is InChI=1S/C24H23FN4O/c1-14(2)15-3-5-17(6-4-15)23-22-20(28-24-26-13-27-29(23)24)11-18(12-21(22)30)16-7-9-19(25)10-8-16/h3-11,13-14,18,22-23H,12H2,1-2H3,(H,26,27,28)/t18-,22+,23+/m1/s1. The lowest BCUT2D eigenvalue weighted by Gasteiger charge is -2.38. The number of allylic oxidation sites excluding steroid dienone is 2. The number of fused-ring (bicyclic) bond motifs is 2. The van der Waals surface area contributed by atoms with Crippen LogP contribution in [-0.2, 0) is 4.79 Å². The Morgan fingerprint density at radius 1 is 1.07 bits per heavy atom. The highest BCUT2D eigenvalue weighted by Crippen LogP contribution is 2.44. The van der Waals surface area contributed by atoms with E-state index in [0.717, 1.165) is 16.8 Å². The van der Waals surface area contributed by atoms with Crippen LogP contribution < -0.4 is 5.32 Å². The topological polar surface area (TPSA) is 59.8 Å². The molecule has 30 heavy (non-hydrogen) atoms. The van der Waals surface area contributed by atoms with Crippen LogP contribution >= 0.6 is 0 Å². The van der Waals surface area contributed by atoms with Gasteiger partial charge in [0.05, 0.1) is 12.0 Å². The molecule has 0 saturated carbocycles. The van der Waals surface area contributed by atoms with Crippen molar-refractivity contribution in [3.63, 3.8) is 0 Å². The van der Waals surface area contributed by atoms with Gasteiger partial charge in [0.15, 0.2) is 0 Å². The smallest absolute Gasteiger partial charge is 0.226 e. The van der Waals surface area contributed by atoms with Gasteiger partial charge in [0.2, 0.25) is 5.95 Å². The van der Waals surface area contributed by atoms with E-state index in [4.69, 9.17) is 0 Å². The zero-order valence-corrected chi connectivity index (χ0v) is 16.9. The van der Waals surface area contributed by atoms with Crippen LogP contribution in [0.3, 0.4) is 0 Å². The van der Waals surface area contributed by atoms with Crippen LogP contribution in [0.5, 0.6) is 0 Å². The Kier molecular flexibility index (Phi) is 4.50. The molecule has 0 radical (unpaired) electrons. The van der Waals surface area contributed by atoms with Crippen LogP contribution in [0.25, 0.3) is 0 Å². The number of hydrogen-bond acceptors (Lipinski definition) is 4. The summed E-state index contributed by atoms with van der Waals surface area (Å²) in [6.45, 7) is 4.33. The third-order valence-corrected chi connectivity index (χ3v) is 6.14. The van der Waals surface area contributed by atoms with E-state index in [2.05, 4.69) is 59.6 Å². The molecule has 0 bridgehead atoms. The predicted octanol–water partition coefficient (Wildman–Crippen LogP) is 4.81. The van der Waals surface area contributed by atoms with Gasteiger partial charge in [-0.1, -0.05) is 56.3 Å². The molecule has 2 heterocycles. The van der Waals surface area contributed by atoms with Crippen molar-refractivity contribution in [2.24, 2.45) is 5.92 Å². The normalized spacial score (nSPS) is 22.9. The number of aromatic nitrogens is 3. The Morgan fingerprint density at radius 2 is 1.77 bits per heavy atom. The van der Waals surface area contributed by atoms with Crippen LogP contribution in [0, 0.1) is 11.7 Å². The van der Waals surface area contributed by atoms with E-state index in [9.17, 15) is 9.18 Å². The van der Waals surface area contributed by atoms with Crippen molar-refractivity contribution in [1.29, 1.82) is 0 Å². The van der Waals surface area contributed by atoms with E-state index >= 15 is 0 Å². The number of nitrogens with one attached hydrogen (secondary N) is 1. The molecule has 3 aromatic rings. The molecule has 0 unspecified atom stereocenters. The summed E-state index contributed by atoms with van der Waals surface area (Å²) in [6.07, 6.45) is 3.98. The van der Waals surface area contributed by atoms with Crippen molar-refractivity contribution in [1.82, 2.24) is 14.8 Å². The average molecular weight is 402 g/mol. The third-order valence-electron chi connectivity index (χ3n) is 6.14. The molecule has 1 aromatic heterocycles. The van der Waals surface area contributed by atoms with Gasteiger partial charge in [-0.25, -0.2) is 9.07 Å². The first-order chi connectivity index (χ1) is 14.5. The molecule has 0 amide bonds. The Labute approximate surface area is 174 Å². The maximum absolute atomic E-state index is 13.4. The minimum Gasteiger partial charge on any atom is -0.328 e. The third kappa shape index (κ3) is 3.12. The number of anilines is 1. The number of hydrogen-bond donors (Lipinski definition) is 1. The summed E-state index contributed by atoms with van der Waals surface area (Å²) in [5.74, 6) is 0.505. The fraction of sp³-hybridized carbons (Fsp3) is 0.292. The maximum Gasteiger partial charge on any atom is 0.226 e. The van der Waals surface area contributed by atoms with Crippen molar-refractivity contribution in [2.75, 3.05) is 5.32 Å². The molecule has 0 spiro atoms. The van der Waals surface area contributed by atoms with E-state index in [1.807, 2.05) is 4.68 Å². The van der Waals surface area contributed by atoms with E-state index in [0.29, 0.717) is 18.3 Å². The summed E-state index contributed by atoms with van der Waals surface area (Å²) in [4.78, 5) is 17.7. The SMILES string of the molecule is CC(C)c1ccc([C@H]2[C@@H]3C(=O)C[C@H](c4ccc(F)cc4)C=C3Nc3ncnn32)cc1. The first-order valence-electron chi connectivity index (χ1n) is 10.3. The van der Waals surface area contributed by atoms with Gasteiger partial charge in [-0.05, 0) is 34.7 Å². The second-order valence-electron chi connectivity index (χ2n) is 8.35. The number of carbonyl (C=O) groups is 1. The second kappa shape index (κ2) is 7.20. The van der Waals surface area contributed by atoms with E-state index in [-0.39, 0.29) is 29.5 Å². The number of nitrogens with zero attached hydrogens (tertiary/aromatic N) is 3. The largest absolute Gasteiger partial charge is 0.328 e. The van der Waals surface area contributed by atoms with Gasteiger partial charge in [0.1, 0.15) is 17.9 Å². The second-order valence-corrected chi connectivity index (χ2v) is 8.35. The molecule has 0 fully saturated rings.